The van der Waals surface area contributed by atoms with Crippen LogP contribution in [0.1, 0.15) is 123 Å². The minimum atomic E-state index is -0.388. The van der Waals surface area contributed by atoms with Gasteiger partial charge >= 0.3 is 5.97 Å². The minimum absolute atomic E-state index is 0.141. The second-order valence-corrected chi connectivity index (χ2v) is 14.8. The van der Waals surface area contributed by atoms with Crippen LogP contribution < -0.4 is 4.74 Å². The number of para-hydroxylation sites is 1. The molecule has 0 spiro atoms. The number of esters is 1. The van der Waals surface area contributed by atoms with Crippen LogP contribution in [0.3, 0.4) is 0 Å². The predicted molar refractivity (Wildman–Crippen MR) is 152 cm³/mol. The molecule has 0 amide bonds. The van der Waals surface area contributed by atoms with Gasteiger partial charge in [-0.05, 0) is 70.6 Å². The first-order valence-corrected chi connectivity index (χ1v) is 13.4. The normalized spacial score (nSPS) is 14.0. The predicted octanol–water partition coefficient (Wildman–Crippen LogP) is 9.24. The van der Waals surface area contributed by atoms with E-state index in [1.165, 1.54) is 0 Å². The fourth-order valence-corrected chi connectivity index (χ4v) is 4.54. The van der Waals surface area contributed by atoms with Gasteiger partial charge in [0.1, 0.15) is 11.5 Å². The van der Waals surface area contributed by atoms with Gasteiger partial charge < -0.3 is 9.84 Å². The molecule has 0 aromatic heterocycles. The molecule has 36 heavy (non-hydrogen) atoms. The number of carbonyl (C=O) groups is 1. The van der Waals surface area contributed by atoms with Crippen molar-refractivity contribution in [1.82, 2.24) is 0 Å². The maximum Gasteiger partial charge on any atom is 0.343 e. The molecule has 2 aromatic carbocycles. The monoisotopic (exact) mass is 494 g/mol. The van der Waals surface area contributed by atoms with E-state index in [-0.39, 0.29) is 33.4 Å². The summed E-state index contributed by atoms with van der Waals surface area (Å²) in [5.41, 5.74) is 2.83. The van der Waals surface area contributed by atoms with E-state index in [9.17, 15) is 9.90 Å². The zero-order chi connectivity index (χ0) is 27.7. The number of carbonyl (C=O) groups excluding carboxylic acids is 1. The highest BCUT2D eigenvalue weighted by molar-refractivity contribution is 5.92. The zero-order valence-corrected chi connectivity index (χ0v) is 24.9. The van der Waals surface area contributed by atoms with Crippen LogP contribution in [0.15, 0.2) is 36.4 Å². The van der Waals surface area contributed by atoms with Crippen molar-refractivity contribution in [2.45, 2.75) is 113 Å². The molecule has 0 heterocycles. The van der Waals surface area contributed by atoms with Gasteiger partial charge in [-0.2, -0.15) is 0 Å². The Morgan fingerprint density at radius 1 is 0.833 bits per heavy atom. The highest BCUT2D eigenvalue weighted by atomic mass is 16.5. The smallest absolute Gasteiger partial charge is 0.343 e. The standard InChI is InChI=1S/C33H50O3/c1-30(2,3)18-17-24(31(4,5)6)19-22-15-13-14-16-27(22)36-29(35)23-20-25(32(7,8)9)28(34)26(21-23)33(10,11)12/h13-16,20-21,24,34H,17-19H2,1-12H3. The Morgan fingerprint density at radius 2 is 1.33 bits per heavy atom. The molecule has 0 saturated carbocycles. The Hall–Kier alpha value is -2.29. The van der Waals surface area contributed by atoms with Gasteiger partial charge in [0.05, 0.1) is 5.56 Å². The van der Waals surface area contributed by atoms with Crippen LogP contribution in [0.25, 0.3) is 0 Å². The maximum absolute atomic E-state index is 13.5. The molecule has 1 N–H and O–H groups in total. The van der Waals surface area contributed by atoms with E-state index in [4.69, 9.17) is 4.74 Å². The van der Waals surface area contributed by atoms with Crippen LogP contribution in [0.2, 0.25) is 0 Å². The van der Waals surface area contributed by atoms with Crippen molar-refractivity contribution >= 4 is 5.97 Å². The molecule has 0 aliphatic carbocycles. The van der Waals surface area contributed by atoms with E-state index in [0.29, 0.717) is 17.2 Å². The van der Waals surface area contributed by atoms with E-state index >= 15 is 0 Å². The second kappa shape index (κ2) is 10.6. The lowest BCUT2D eigenvalue weighted by Gasteiger charge is -2.33. The first-order valence-electron chi connectivity index (χ1n) is 13.4. The molecule has 0 radical (unpaired) electrons. The molecule has 200 valence electrons. The van der Waals surface area contributed by atoms with Crippen molar-refractivity contribution in [3.8, 4) is 11.5 Å². The summed E-state index contributed by atoms with van der Waals surface area (Å²) in [6, 6.07) is 11.5. The van der Waals surface area contributed by atoms with Gasteiger partial charge in [-0.15, -0.1) is 0 Å². The van der Waals surface area contributed by atoms with Crippen LogP contribution in [0.4, 0.5) is 0 Å². The lowest BCUT2D eigenvalue weighted by Crippen LogP contribution is -2.25. The van der Waals surface area contributed by atoms with E-state index in [0.717, 1.165) is 36.0 Å². The van der Waals surface area contributed by atoms with E-state index in [2.05, 4.69) is 47.6 Å². The number of phenols is 1. The van der Waals surface area contributed by atoms with Crippen molar-refractivity contribution < 1.29 is 14.6 Å². The SMILES string of the molecule is CC(C)(C)CCC(Cc1ccccc1OC(=O)c1cc(C(C)(C)C)c(O)c(C(C)(C)C)c1)C(C)(C)C. The van der Waals surface area contributed by atoms with E-state index in [1.54, 1.807) is 12.1 Å². The summed E-state index contributed by atoms with van der Waals surface area (Å²) in [7, 11) is 0. The van der Waals surface area contributed by atoms with Crippen molar-refractivity contribution in [3.63, 3.8) is 0 Å². The molecule has 0 saturated heterocycles. The van der Waals surface area contributed by atoms with Crippen LogP contribution in [-0.2, 0) is 17.3 Å². The van der Waals surface area contributed by atoms with Crippen molar-refractivity contribution in [2.24, 2.45) is 16.7 Å². The molecule has 0 aliphatic rings. The lowest BCUT2D eigenvalue weighted by molar-refractivity contribution is 0.0731. The zero-order valence-electron chi connectivity index (χ0n) is 24.9. The fourth-order valence-electron chi connectivity index (χ4n) is 4.54. The van der Waals surface area contributed by atoms with Gasteiger partial charge in [0.15, 0.2) is 0 Å². The van der Waals surface area contributed by atoms with Crippen molar-refractivity contribution in [3.05, 3.63) is 58.7 Å². The molecule has 3 heteroatoms. The number of hydrogen-bond donors (Lipinski definition) is 1. The Labute approximate surface area is 220 Å². The first-order chi connectivity index (χ1) is 16.2. The quantitative estimate of drug-likeness (QED) is 0.321. The summed E-state index contributed by atoms with van der Waals surface area (Å²) in [5, 5.41) is 11.0. The van der Waals surface area contributed by atoms with Crippen LogP contribution in [0.5, 0.6) is 11.5 Å². The minimum Gasteiger partial charge on any atom is -0.507 e. The first kappa shape index (κ1) is 29.9. The van der Waals surface area contributed by atoms with Gasteiger partial charge in [0, 0.05) is 11.1 Å². The van der Waals surface area contributed by atoms with Gasteiger partial charge in [-0.25, -0.2) is 4.79 Å². The molecular weight excluding hydrogens is 444 g/mol. The average Bonchev–Trinajstić information content (AvgIpc) is 2.68. The Morgan fingerprint density at radius 3 is 1.78 bits per heavy atom. The Kier molecular flexibility index (Phi) is 8.81. The van der Waals surface area contributed by atoms with Crippen molar-refractivity contribution in [2.75, 3.05) is 0 Å². The van der Waals surface area contributed by atoms with Gasteiger partial charge in [-0.1, -0.05) is 101 Å². The molecule has 2 rings (SSSR count). The molecule has 2 aromatic rings. The molecule has 0 fully saturated rings. The molecule has 0 aliphatic heterocycles. The molecular formula is C33H50O3. The molecule has 3 nitrogen and oxygen atoms in total. The summed E-state index contributed by atoms with van der Waals surface area (Å²) in [6.45, 7) is 26.0. The van der Waals surface area contributed by atoms with Gasteiger partial charge in [0.25, 0.3) is 0 Å². The van der Waals surface area contributed by atoms with Crippen LogP contribution in [0, 0.1) is 16.7 Å². The summed E-state index contributed by atoms with van der Waals surface area (Å²) < 4.78 is 6.05. The topological polar surface area (TPSA) is 46.5 Å². The van der Waals surface area contributed by atoms with Crippen LogP contribution in [-0.4, -0.2) is 11.1 Å². The van der Waals surface area contributed by atoms with E-state index < -0.39 is 0 Å². The molecule has 1 unspecified atom stereocenters. The van der Waals surface area contributed by atoms with Gasteiger partial charge in [-0.3, -0.25) is 0 Å². The summed E-state index contributed by atoms with van der Waals surface area (Å²) in [6.07, 6.45) is 3.13. The number of ether oxygens (including phenoxy) is 1. The number of hydrogen-bond acceptors (Lipinski definition) is 3. The third-order valence-electron chi connectivity index (χ3n) is 7.07. The number of rotatable bonds is 6. The highest BCUT2D eigenvalue weighted by Gasteiger charge is 2.30. The Balaban J connectivity index is 2.43. The summed E-state index contributed by atoms with van der Waals surface area (Å²) in [5.74, 6) is 0.958. The average molecular weight is 495 g/mol. The third-order valence-corrected chi connectivity index (χ3v) is 7.07. The summed E-state index contributed by atoms with van der Waals surface area (Å²) in [4.78, 5) is 13.5. The number of aromatic hydroxyl groups is 1. The molecule has 0 bridgehead atoms. The highest BCUT2D eigenvalue weighted by Crippen LogP contribution is 2.41. The fraction of sp³-hybridized carbons (Fsp3) is 0.606. The molecule has 1 atom stereocenters. The second-order valence-electron chi connectivity index (χ2n) is 14.8. The third kappa shape index (κ3) is 8.11. The largest absolute Gasteiger partial charge is 0.507 e. The van der Waals surface area contributed by atoms with E-state index in [1.807, 2.05) is 59.7 Å². The van der Waals surface area contributed by atoms with Crippen LogP contribution >= 0.6 is 0 Å². The lowest BCUT2D eigenvalue weighted by atomic mass is 9.72. The summed E-state index contributed by atoms with van der Waals surface area (Å²) >= 11 is 0. The Bertz CT molecular complexity index is 1020. The van der Waals surface area contributed by atoms with Gasteiger partial charge in [0.2, 0.25) is 0 Å². The number of benzene rings is 2. The number of phenolic OH excluding ortho intramolecular Hbond substituents is 1. The van der Waals surface area contributed by atoms with Crippen molar-refractivity contribution in [1.29, 1.82) is 0 Å². The maximum atomic E-state index is 13.5.